The van der Waals surface area contributed by atoms with E-state index in [9.17, 15) is 4.79 Å². The first-order valence-electron chi connectivity index (χ1n) is 6.45. The van der Waals surface area contributed by atoms with Crippen molar-refractivity contribution >= 4 is 16.9 Å². The first-order valence-corrected chi connectivity index (χ1v) is 6.45. The number of nitrogens with one attached hydrogen (secondary N) is 1. The summed E-state index contributed by atoms with van der Waals surface area (Å²) < 4.78 is 2.09. The van der Waals surface area contributed by atoms with Crippen molar-refractivity contribution in [2.45, 2.75) is 32.4 Å². The Labute approximate surface area is 112 Å². The van der Waals surface area contributed by atoms with E-state index in [0.717, 1.165) is 24.0 Å². The average molecular weight is 260 g/mol. The van der Waals surface area contributed by atoms with Crippen LogP contribution in [0.5, 0.6) is 0 Å². The fourth-order valence-electron chi connectivity index (χ4n) is 1.87. The number of nitrogens with zero attached hydrogens (tertiary/aromatic N) is 2. The van der Waals surface area contributed by atoms with Crippen LogP contribution >= 0.6 is 0 Å². The zero-order valence-electron chi connectivity index (χ0n) is 11.4. The summed E-state index contributed by atoms with van der Waals surface area (Å²) in [6.07, 6.45) is 2.68. The first-order chi connectivity index (χ1) is 8.98. The summed E-state index contributed by atoms with van der Waals surface area (Å²) in [5.41, 5.74) is 7.00. The van der Waals surface area contributed by atoms with Crippen LogP contribution in [-0.2, 0) is 11.3 Å². The summed E-state index contributed by atoms with van der Waals surface area (Å²) in [5.74, 6) is -0.122. The lowest BCUT2D eigenvalue weighted by molar-refractivity contribution is -0.125. The Kier molecular flexibility index (Phi) is 3.85. The predicted octanol–water partition coefficient (Wildman–Crippen LogP) is 1.28. The van der Waals surface area contributed by atoms with Crippen LogP contribution in [0.4, 0.5) is 0 Å². The third kappa shape index (κ3) is 3.32. The molecule has 0 fully saturated rings. The number of hydrogen-bond donors (Lipinski definition) is 2. The number of fused-ring (bicyclic) bond motifs is 1. The number of hydrogen-bond acceptors (Lipinski definition) is 3. The monoisotopic (exact) mass is 260 g/mol. The van der Waals surface area contributed by atoms with Crippen LogP contribution in [0.3, 0.4) is 0 Å². The number of rotatable bonds is 5. The third-order valence-corrected chi connectivity index (χ3v) is 2.97. The molecule has 1 heterocycles. The van der Waals surface area contributed by atoms with E-state index < -0.39 is 5.54 Å². The summed E-state index contributed by atoms with van der Waals surface area (Å²) in [7, 11) is 0. The minimum atomic E-state index is -0.818. The van der Waals surface area contributed by atoms with Gasteiger partial charge < -0.3 is 15.6 Å². The van der Waals surface area contributed by atoms with E-state index in [1.54, 1.807) is 13.8 Å². The van der Waals surface area contributed by atoms with Crippen molar-refractivity contribution in [1.82, 2.24) is 14.9 Å². The maximum atomic E-state index is 11.6. The van der Waals surface area contributed by atoms with Gasteiger partial charge in [-0.25, -0.2) is 4.98 Å². The first kappa shape index (κ1) is 13.5. The molecular formula is C14H20N4O. The molecule has 0 saturated carbocycles. The molecule has 1 amide bonds. The zero-order valence-corrected chi connectivity index (χ0v) is 11.4. The van der Waals surface area contributed by atoms with Crippen LogP contribution < -0.4 is 11.1 Å². The molecule has 0 atom stereocenters. The number of nitrogens with two attached hydrogens (primary N) is 1. The number of para-hydroxylation sites is 2. The number of aryl methyl sites for hydroxylation is 1. The summed E-state index contributed by atoms with van der Waals surface area (Å²) in [5, 5.41) is 2.84. The molecule has 5 heteroatoms. The second-order valence-corrected chi connectivity index (χ2v) is 5.26. The highest BCUT2D eigenvalue weighted by Crippen LogP contribution is 2.11. The Bertz CT molecular complexity index is 568. The van der Waals surface area contributed by atoms with Gasteiger partial charge in [0.1, 0.15) is 0 Å². The molecule has 0 aliphatic carbocycles. The number of carbonyl (C=O) groups is 1. The van der Waals surface area contributed by atoms with Gasteiger partial charge in [0.25, 0.3) is 0 Å². The van der Waals surface area contributed by atoms with Gasteiger partial charge in [-0.1, -0.05) is 12.1 Å². The maximum absolute atomic E-state index is 11.6. The molecule has 0 aliphatic rings. The molecular weight excluding hydrogens is 240 g/mol. The molecule has 0 aliphatic heterocycles. The molecule has 1 aromatic heterocycles. The van der Waals surface area contributed by atoms with E-state index >= 15 is 0 Å². The minimum Gasteiger partial charge on any atom is -0.354 e. The lowest BCUT2D eigenvalue weighted by atomic mass is 10.1. The summed E-state index contributed by atoms with van der Waals surface area (Å²) >= 11 is 0. The molecule has 2 rings (SSSR count). The zero-order chi connectivity index (χ0) is 13.9. The number of amides is 1. The van der Waals surface area contributed by atoms with E-state index in [1.807, 2.05) is 30.6 Å². The highest BCUT2D eigenvalue weighted by molar-refractivity contribution is 5.84. The Morgan fingerprint density at radius 1 is 1.42 bits per heavy atom. The van der Waals surface area contributed by atoms with Crippen molar-refractivity contribution in [1.29, 1.82) is 0 Å². The van der Waals surface area contributed by atoms with Crippen molar-refractivity contribution in [2.24, 2.45) is 5.73 Å². The number of imidazole rings is 1. The SMILES string of the molecule is CC(C)(N)C(=O)NCCCn1cnc2ccccc21. The topological polar surface area (TPSA) is 72.9 Å². The highest BCUT2D eigenvalue weighted by atomic mass is 16.2. The van der Waals surface area contributed by atoms with E-state index in [2.05, 4.69) is 14.9 Å². The van der Waals surface area contributed by atoms with Gasteiger partial charge in [-0.15, -0.1) is 0 Å². The van der Waals surface area contributed by atoms with Crippen molar-refractivity contribution in [3.05, 3.63) is 30.6 Å². The van der Waals surface area contributed by atoms with Gasteiger partial charge in [0.2, 0.25) is 5.91 Å². The molecule has 0 bridgehead atoms. The third-order valence-electron chi connectivity index (χ3n) is 2.97. The van der Waals surface area contributed by atoms with Crippen molar-refractivity contribution in [3.8, 4) is 0 Å². The second-order valence-electron chi connectivity index (χ2n) is 5.26. The highest BCUT2D eigenvalue weighted by Gasteiger charge is 2.20. The van der Waals surface area contributed by atoms with Crippen LogP contribution in [0.15, 0.2) is 30.6 Å². The second kappa shape index (κ2) is 5.40. The van der Waals surface area contributed by atoms with Crippen molar-refractivity contribution in [2.75, 3.05) is 6.54 Å². The maximum Gasteiger partial charge on any atom is 0.239 e. The Morgan fingerprint density at radius 3 is 2.89 bits per heavy atom. The number of aromatic nitrogens is 2. The van der Waals surface area contributed by atoms with Gasteiger partial charge in [-0.3, -0.25) is 4.79 Å². The van der Waals surface area contributed by atoms with Crippen LogP contribution in [0, 0.1) is 0 Å². The summed E-state index contributed by atoms with van der Waals surface area (Å²) in [6.45, 7) is 4.84. The molecule has 0 saturated heterocycles. The van der Waals surface area contributed by atoms with Gasteiger partial charge in [0, 0.05) is 13.1 Å². The summed E-state index contributed by atoms with van der Waals surface area (Å²) in [4.78, 5) is 15.9. The van der Waals surface area contributed by atoms with Gasteiger partial charge in [-0.2, -0.15) is 0 Å². The van der Waals surface area contributed by atoms with Crippen molar-refractivity contribution < 1.29 is 4.79 Å². The van der Waals surface area contributed by atoms with Crippen LogP contribution in [0.25, 0.3) is 11.0 Å². The molecule has 0 radical (unpaired) electrons. The normalized spacial score (nSPS) is 11.7. The molecule has 5 nitrogen and oxygen atoms in total. The van der Waals surface area contributed by atoms with E-state index in [-0.39, 0.29) is 5.91 Å². The molecule has 3 N–H and O–H groups in total. The van der Waals surface area contributed by atoms with Gasteiger partial charge in [0.05, 0.1) is 22.9 Å². The van der Waals surface area contributed by atoms with Gasteiger partial charge in [0.15, 0.2) is 0 Å². The van der Waals surface area contributed by atoms with E-state index in [0.29, 0.717) is 6.54 Å². The number of carbonyl (C=O) groups excluding carboxylic acids is 1. The largest absolute Gasteiger partial charge is 0.354 e. The fourth-order valence-corrected chi connectivity index (χ4v) is 1.87. The Morgan fingerprint density at radius 2 is 2.16 bits per heavy atom. The van der Waals surface area contributed by atoms with Crippen molar-refractivity contribution in [3.63, 3.8) is 0 Å². The Balaban J connectivity index is 1.85. The molecule has 0 spiro atoms. The van der Waals surface area contributed by atoms with Crippen LogP contribution in [0.1, 0.15) is 20.3 Å². The molecule has 2 aromatic rings. The minimum absolute atomic E-state index is 0.122. The van der Waals surface area contributed by atoms with Crippen LogP contribution in [0.2, 0.25) is 0 Å². The number of benzene rings is 1. The van der Waals surface area contributed by atoms with E-state index in [1.165, 1.54) is 0 Å². The lowest BCUT2D eigenvalue weighted by Gasteiger charge is -2.17. The predicted molar refractivity (Wildman–Crippen MR) is 75.6 cm³/mol. The quantitative estimate of drug-likeness (QED) is 0.795. The van der Waals surface area contributed by atoms with Gasteiger partial charge in [-0.05, 0) is 32.4 Å². The molecule has 19 heavy (non-hydrogen) atoms. The molecule has 0 unspecified atom stereocenters. The summed E-state index contributed by atoms with van der Waals surface area (Å²) in [6, 6.07) is 8.01. The smallest absolute Gasteiger partial charge is 0.239 e. The lowest BCUT2D eigenvalue weighted by Crippen LogP contribution is -2.49. The van der Waals surface area contributed by atoms with Crippen LogP contribution in [-0.4, -0.2) is 27.5 Å². The van der Waals surface area contributed by atoms with E-state index in [4.69, 9.17) is 5.73 Å². The fraction of sp³-hybridized carbons (Fsp3) is 0.429. The molecule has 102 valence electrons. The van der Waals surface area contributed by atoms with Gasteiger partial charge >= 0.3 is 0 Å². The standard InChI is InChI=1S/C14H20N4O/c1-14(2,15)13(19)16-8-5-9-18-10-17-11-6-3-4-7-12(11)18/h3-4,6-7,10H,5,8-9,15H2,1-2H3,(H,16,19). The Hall–Kier alpha value is -1.88. The molecule has 1 aromatic carbocycles. The average Bonchev–Trinajstić information content (AvgIpc) is 2.76.